The molecule has 1 atom stereocenters. The van der Waals surface area contributed by atoms with Gasteiger partial charge in [-0.3, -0.25) is 0 Å². The number of aromatic nitrogens is 2. The van der Waals surface area contributed by atoms with E-state index in [1.54, 1.807) is 51.2 Å². The minimum Gasteiger partial charge on any atom is -0.477 e. The van der Waals surface area contributed by atoms with Crippen LogP contribution in [0.15, 0.2) is 61.3 Å². The predicted octanol–water partition coefficient (Wildman–Crippen LogP) is 4.60. The molecule has 7 nitrogen and oxygen atoms in total. The number of hydrogen-bond acceptors (Lipinski definition) is 5. The molecule has 0 aliphatic heterocycles. The summed E-state index contributed by atoms with van der Waals surface area (Å²) < 4.78 is 7.59. The standard InChI is InChI=1S/C26H35N3O4/c1-8-14-29(22(18(2)3)25(32)33-26(5,6)7)23(24(30)31)19(4)21-11-9-20(10-12-21)16-28-15-13-27-17-28/h8-13,15,17-18,22H,1,14,16H2,2-7H3,(H,30,31)/b23-19+/t22-/m0/s1. The normalized spacial score (nSPS) is 13.3. The molecule has 0 radical (unpaired) electrons. The third-order valence-electron chi connectivity index (χ3n) is 5.10. The van der Waals surface area contributed by atoms with Crippen molar-refractivity contribution < 1.29 is 19.4 Å². The Kier molecular flexibility index (Phi) is 8.63. The highest BCUT2D eigenvalue weighted by atomic mass is 16.6. The van der Waals surface area contributed by atoms with Crippen molar-refractivity contribution in [2.24, 2.45) is 5.92 Å². The number of allylic oxidation sites excluding steroid dienone is 1. The summed E-state index contributed by atoms with van der Waals surface area (Å²) in [6.45, 7) is 15.6. The number of hydrogen-bond donors (Lipinski definition) is 1. The van der Waals surface area contributed by atoms with Crippen LogP contribution in [-0.4, -0.2) is 49.7 Å². The van der Waals surface area contributed by atoms with Crippen LogP contribution in [0, 0.1) is 5.92 Å². The lowest BCUT2D eigenvalue weighted by atomic mass is 9.97. The molecule has 0 aliphatic rings. The number of carbonyl (C=O) groups is 2. The van der Waals surface area contributed by atoms with Gasteiger partial charge in [-0.1, -0.05) is 44.2 Å². The van der Waals surface area contributed by atoms with Crippen LogP contribution in [0.1, 0.15) is 52.7 Å². The van der Waals surface area contributed by atoms with Crippen LogP contribution in [-0.2, 0) is 20.9 Å². The zero-order valence-electron chi connectivity index (χ0n) is 20.4. The molecule has 33 heavy (non-hydrogen) atoms. The third kappa shape index (κ3) is 7.07. The van der Waals surface area contributed by atoms with Crippen LogP contribution in [0.3, 0.4) is 0 Å². The maximum atomic E-state index is 13.1. The summed E-state index contributed by atoms with van der Waals surface area (Å²) in [6, 6.07) is 6.94. The maximum absolute atomic E-state index is 13.1. The molecule has 0 aliphatic carbocycles. The van der Waals surface area contributed by atoms with Crippen molar-refractivity contribution in [1.29, 1.82) is 0 Å². The Morgan fingerprint density at radius 1 is 1.24 bits per heavy atom. The molecule has 0 bridgehead atoms. The number of ether oxygens (including phenoxy) is 1. The first-order chi connectivity index (χ1) is 15.4. The summed E-state index contributed by atoms with van der Waals surface area (Å²) in [5.74, 6) is -1.74. The summed E-state index contributed by atoms with van der Waals surface area (Å²) in [5, 5.41) is 10.2. The highest BCUT2D eigenvalue weighted by Crippen LogP contribution is 2.27. The van der Waals surface area contributed by atoms with Crippen LogP contribution in [0.2, 0.25) is 0 Å². The number of benzene rings is 1. The van der Waals surface area contributed by atoms with E-state index >= 15 is 0 Å². The molecule has 1 aromatic heterocycles. The van der Waals surface area contributed by atoms with Crippen LogP contribution in [0.4, 0.5) is 0 Å². The van der Waals surface area contributed by atoms with E-state index in [9.17, 15) is 14.7 Å². The fourth-order valence-electron chi connectivity index (χ4n) is 3.69. The SMILES string of the molecule is C=CCN(/C(C(=O)O)=C(\C)c1ccc(Cn2ccnc2)cc1)[C@H](C(=O)OC(C)(C)C)C(C)C. The topological polar surface area (TPSA) is 84.7 Å². The Hall–Kier alpha value is -3.35. The second kappa shape index (κ2) is 11.0. The number of carboxylic acid groups (broad SMARTS) is 1. The lowest BCUT2D eigenvalue weighted by Crippen LogP contribution is -2.48. The number of aliphatic carboxylic acids is 1. The van der Waals surface area contributed by atoms with E-state index in [1.165, 1.54) is 0 Å². The number of rotatable bonds is 10. The maximum Gasteiger partial charge on any atom is 0.352 e. The Morgan fingerprint density at radius 3 is 2.33 bits per heavy atom. The van der Waals surface area contributed by atoms with Gasteiger partial charge in [0.15, 0.2) is 0 Å². The first-order valence-corrected chi connectivity index (χ1v) is 11.0. The van der Waals surface area contributed by atoms with Gasteiger partial charge in [0.1, 0.15) is 17.3 Å². The zero-order valence-corrected chi connectivity index (χ0v) is 20.4. The highest BCUT2D eigenvalue weighted by Gasteiger charge is 2.36. The van der Waals surface area contributed by atoms with Crippen molar-refractivity contribution in [3.8, 4) is 0 Å². The van der Waals surface area contributed by atoms with E-state index in [4.69, 9.17) is 4.74 Å². The fraction of sp³-hybridized carbons (Fsp3) is 0.423. The molecule has 0 fully saturated rings. The van der Waals surface area contributed by atoms with Gasteiger partial charge in [0.25, 0.3) is 0 Å². The van der Waals surface area contributed by atoms with Gasteiger partial charge < -0.3 is 19.3 Å². The van der Waals surface area contributed by atoms with Crippen molar-refractivity contribution >= 4 is 17.5 Å². The van der Waals surface area contributed by atoms with E-state index < -0.39 is 23.6 Å². The van der Waals surface area contributed by atoms with Gasteiger partial charge in [0, 0.05) is 25.5 Å². The van der Waals surface area contributed by atoms with Gasteiger partial charge in [0.05, 0.1) is 6.33 Å². The van der Waals surface area contributed by atoms with Gasteiger partial charge in [-0.15, -0.1) is 6.58 Å². The van der Waals surface area contributed by atoms with E-state index in [0.717, 1.165) is 11.1 Å². The quantitative estimate of drug-likeness (QED) is 0.321. The molecule has 0 amide bonds. The first-order valence-electron chi connectivity index (χ1n) is 11.0. The Balaban J connectivity index is 2.47. The Labute approximate surface area is 196 Å². The van der Waals surface area contributed by atoms with Crippen molar-refractivity contribution in [1.82, 2.24) is 14.5 Å². The second-order valence-corrected chi connectivity index (χ2v) is 9.37. The van der Waals surface area contributed by atoms with Crippen molar-refractivity contribution in [3.63, 3.8) is 0 Å². The molecule has 178 valence electrons. The average molecular weight is 454 g/mol. The number of nitrogens with zero attached hydrogens (tertiary/aromatic N) is 3. The van der Waals surface area contributed by atoms with Crippen molar-refractivity contribution in [2.45, 2.75) is 59.7 Å². The molecule has 0 saturated carbocycles. The van der Waals surface area contributed by atoms with Crippen molar-refractivity contribution in [3.05, 3.63) is 72.5 Å². The minimum atomic E-state index is -1.11. The third-order valence-corrected chi connectivity index (χ3v) is 5.10. The first kappa shape index (κ1) is 25.9. The molecule has 1 N–H and O–H groups in total. The molecule has 0 unspecified atom stereocenters. The average Bonchev–Trinajstić information content (AvgIpc) is 3.20. The van der Waals surface area contributed by atoms with Gasteiger partial charge >= 0.3 is 11.9 Å². The minimum absolute atomic E-state index is 0.0572. The summed E-state index contributed by atoms with van der Waals surface area (Å²) >= 11 is 0. The largest absolute Gasteiger partial charge is 0.477 e. The molecule has 0 spiro atoms. The number of esters is 1. The van der Waals surface area contributed by atoms with E-state index in [1.807, 2.05) is 48.9 Å². The van der Waals surface area contributed by atoms with Crippen molar-refractivity contribution in [2.75, 3.05) is 6.54 Å². The van der Waals surface area contributed by atoms with E-state index in [2.05, 4.69) is 11.6 Å². The van der Waals surface area contributed by atoms with Gasteiger partial charge in [-0.25, -0.2) is 14.6 Å². The number of imidazole rings is 1. The van der Waals surface area contributed by atoms with Crippen LogP contribution in [0.5, 0.6) is 0 Å². The van der Waals surface area contributed by atoms with Gasteiger partial charge in [-0.2, -0.15) is 0 Å². The van der Waals surface area contributed by atoms with Crippen LogP contribution in [0.25, 0.3) is 5.57 Å². The van der Waals surface area contributed by atoms with Crippen LogP contribution >= 0.6 is 0 Å². The molecular weight excluding hydrogens is 418 g/mol. The Bertz CT molecular complexity index is 984. The fourth-order valence-corrected chi connectivity index (χ4v) is 3.69. The van der Waals surface area contributed by atoms with E-state index in [0.29, 0.717) is 12.1 Å². The monoisotopic (exact) mass is 453 g/mol. The summed E-state index contributed by atoms with van der Waals surface area (Å²) in [7, 11) is 0. The second-order valence-electron chi connectivity index (χ2n) is 9.37. The molecular formula is C26H35N3O4. The predicted molar refractivity (Wildman–Crippen MR) is 129 cm³/mol. The summed E-state index contributed by atoms with van der Waals surface area (Å²) in [5.41, 5.74) is 1.77. The van der Waals surface area contributed by atoms with Gasteiger partial charge in [-0.05, 0) is 50.3 Å². The molecule has 2 aromatic rings. The zero-order chi connectivity index (χ0) is 24.8. The smallest absolute Gasteiger partial charge is 0.352 e. The molecule has 2 rings (SSSR count). The summed E-state index contributed by atoms with van der Waals surface area (Å²) in [6.07, 6.45) is 6.96. The number of carboxylic acids is 1. The highest BCUT2D eigenvalue weighted by molar-refractivity contribution is 5.96. The molecule has 1 heterocycles. The lowest BCUT2D eigenvalue weighted by Gasteiger charge is -2.36. The van der Waals surface area contributed by atoms with E-state index in [-0.39, 0.29) is 18.2 Å². The number of carbonyl (C=O) groups excluding carboxylic acids is 1. The van der Waals surface area contributed by atoms with Gasteiger partial charge in [0.2, 0.25) is 0 Å². The lowest BCUT2D eigenvalue weighted by molar-refractivity contribution is -0.162. The molecule has 1 aromatic carbocycles. The Morgan fingerprint density at radius 2 is 1.88 bits per heavy atom. The molecule has 0 saturated heterocycles. The summed E-state index contributed by atoms with van der Waals surface area (Å²) in [4.78, 5) is 31.2. The molecule has 7 heteroatoms. The van der Waals surface area contributed by atoms with Crippen LogP contribution < -0.4 is 0 Å².